The van der Waals surface area contributed by atoms with Gasteiger partial charge in [0.15, 0.2) is 5.75 Å². The first-order valence-corrected chi connectivity index (χ1v) is 20.2. The molecule has 4 heterocycles. The lowest BCUT2D eigenvalue weighted by Crippen LogP contribution is -2.52. The zero-order valence-corrected chi connectivity index (χ0v) is 32.5. The lowest BCUT2D eigenvalue weighted by atomic mass is 9.89. The molecule has 10 nitrogen and oxygen atoms in total. The summed E-state index contributed by atoms with van der Waals surface area (Å²) in [7, 11) is 0. The number of aromatic hydroxyl groups is 1. The Kier molecular flexibility index (Phi) is 10.7. The van der Waals surface area contributed by atoms with Crippen molar-refractivity contribution in [1.29, 1.82) is 0 Å². The number of aryl methyl sites for hydroxylation is 1. The van der Waals surface area contributed by atoms with Gasteiger partial charge in [0.25, 0.3) is 5.91 Å². The van der Waals surface area contributed by atoms with Crippen LogP contribution < -0.4 is 14.8 Å². The van der Waals surface area contributed by atoms with Crippen LogP contribution in [0.3, 0.4) is 0 Å². The number of thiophene rings is 1. The van der Waals surface area contributed by atoms with Crippen LogP contribution >= 0.6 is 27.3 Å². The Morgan fingerprint density at radius 2 is 1.67 bits per heavy atom. The molecule has 5 aromatic rings. The van der Waals surface area contributed by atoms with E-state index < -0.39 is 11.9 Å². The second-order valence-electron chi connectivity index (χ2n) is 14.3. The van der Waals surface area contributed by atoms with Gasteiger partial charge in [-0.15, -0.1) is 11.3 Å². The third-order valence-corrected chi connectivity index (χ3v) is 12.5. The fourth-order valence-corrected chi connectivity index (χ4v) is 9.14. The lowest BCUT2D eigenvalue weighted by molar-refractivity contribution is -0.137. The molecular weight excluding hydrogens is 782 g/mol. The average molecular weight is 823 g/mol. The number of phenolic OH excluding ortho intramolecular Hbond substituents is 1. The Morgan fingerprint density at radius 3 is 2.44 bits per heavy atom. The molecule has 55 heavy (non-hydrogen) atoms. The van der Waals surface area contributed by atoms with Gasteiger partial charge in [0.05, 0.1) is 4.88 Å². The molecule has 282 valence electrons. The summed E-state index contributed by atoms with van der Waals surface area (Å²) in [6.45, 7) is 3.33. The van der Waals surface area contributed by atoms with Crippen molar-refractivity contribution in [2.45, 2.75) is 51.1 Å². The van der Waals surface area contributed by atoms with Crippen molar-refractivity contribution in [3.63, 3.8) is 0 Å². The van der Waals surface area contributed by atoms with Crippen molar-refractivity contribution in [2.24, 2.45) is 5.92 Å². The zero-order valence-electron chi connectivity index (χ0n) is 30.1. The number of phenols is 1. The number of halogens is 1. The fourth-order valence-electron chi connectivity index (χ4n) is 7.70. The van der Waals surface area contributed by atoms with Crippen molar-refractivity contribution < 1.29 is 33.8 Å². The van der Waals surface area contributed by atoms with E-state index in [0.717, 1.165) is 80.1 Å². The first-order valence-electron chi connectivity index (χ1n) is 18.6. The van der Waals surface area contributed by atoms with Crippen molar-refractivity contribution in [3.8, 4) is 33.4 Å². The van der Waals surface area contributed by atoms with E-state index in [1.807, 2.05) is 66.7 Å². The number of likely N-dealkylation sites (tertiary alicyclic amines) is 1. The smallest absolute Gasteiger partial charge is 0.255 e. The molecule has 0 saturated carbocycles. The van der Waals surface area contributed by atoms with Gasteiger partial charge in [-0.25, -0.2) is 0 Å². The predicted octanol–water partition coefficient (Wildman–Crippen LogP) is 7.88. The number of piperidine rings is 2. The van der Waals surface area contributed by atoms with E-state index in [1.54, 1.807) is 34.4 Å². The van der Waals surface area contributed by atoms with Crippen LogP contribution in [-0.4, -0.2) is 70.7 Å². The van der Waals surface area contributed by atoms with E-state index in [1.165, 1.54) is 0 Å². The number of benzene rings is 4. The number of carbonyl (C=O) groups is 4. The number of Topliss-reactive ketones (excluding diaryl/α,β-unsaturated/α-hetero) is 1. The quantitative estimate of drug-likeness (QED) is 0.122. The summed E-state index contributed by atoms with van der Waals surface area (Å²) in [4.78, 5) is 55.0. The summed E-state index contributed by atoms with van der Waals surface area (Å²) in [5.41, 5.74) is 3.48. The van der Waals surface area contributed by atoms with E-state index >= 15 is 0 Å². The van der Waals surface area contributed by atoms with E-state index in [9.17, 15) is 24.3 Å². The average Bonchev–Trinajstić information content (AvgIpc) is 3.70. The Balaban J connectivity index is 0.784. The van der Waals surface area contributed by atoms with Gasteiger partial charge in [0.1, 0.15) is 35.7 Å². The first kappa shape index (κ1) is 36.9. The molecule has 0 spiro atoms. The van der Waals surface area contributed by atoms with Gasteiger partial charge in [-0.2, -0.15) is 0 Å². The van der Waals surface area contributed by atoms with Crippen LogP contribution in [-0.2, 0) is 27.3 Å². The van der Waals surface area contributed by atoms with Gasteiger partial charge >= 0.3 is 0 Å². The number of fused-ring (bicyclic) bond motifs is 2. The number of ether oxygens (including phenoxy) is 2. The van der Waals surface area contributed by atoms with Gasteiger partial charge in [0.2, 0.25) is 11.8 Å². The van der Waals surface area contributed by atoms with Crippen molar-refractivity contribution in [2.75, 3.05) is 26.2 Å². The highest BCUT2D eigenvalue weighted by Crippen LogP contribution is 2.47. The summed E-state index contributed by atoms with van der Waals surface area (Å²) in [6, 6.07) is 26.1. The number of nitrogens with one attached hydrogen (secondary N) is 1. The molecule has 0 radical (unpaired) electrons. The largest absolute Gasteiger partial charge is 0.508 e. The number of imide groups is 1. The van der Waals surface area contributed by atoms with Gasteiger partial charge in [-0.1, -0.05) is 40.2 Å². The molecule has 1 aromatic heterocycles. The molecular formula is C43H40BrN3O7S. The monoisotopic (exact) mass is 821 g/mol. The third kappa shape index (κ3) is 8.17. The normalized spacial score (nSPS) is 17.7. The number of rotatable bonds is 12. The second kappa shape index (κ2) is 16.0. The molecule has 0 bridgehead atoms. The van der Waals surface area contributed by atoms with Crippen LogP contribution in [0.5, 0.6) is 23.0 Å². The lowest BCUT2D eigenvalue weighted by Gasteiger charge is -2.31. The standard InChI is InChI=1S/C43H40BrN3O7S/c44-30-5-3-28(4-6-30)41-40(35-13-7-31(48)24-38(35)55-41)54-33-10-8-32(9-11-33)53-22-21-46-19-17-27(18-20-46)37(49)15-2-26-1-12-34-29(23-26)25-47(43(34)52)36-14-16-39(50)45-42(36)51/h1,3-13,23-24,27,36,48H,2,14-22,25H2,(H,45,50,51). The fraction of sp³-hybridized carbons (Fsp3) is 0.302. The Labute approximate surface area is 331 Å². The van der Waals surface area contributed by atoms with E-state index in [-0.39, 0.29) is 35.7 Å². The van der Waals surface area contributed by atoms with Gasteiger partial charge in [0, 0.05) is 52.0 Å². The summed E-state index contributed by atoms with van der Waals surface area (Å²) in [5, 5.41) is 13.4. The maximum Gasteiger partial charge on any atom is 0.255 e. The second-order valence-corrected chi connectivity index (χ2v) is 16.3. The Bertz CT molecular complexity index is 2260. The van der Waals surface area contributed by atoms with Crippen molar-refractivity contribution >= 4 is 60.9 Å². The predicted molar refractivity (Wildman–Crippen MR) is 214 cm³/mol. The third-order valence-electron chi connectivity index (χ3n) is 10.7. The molecule has 1 unspecified atom stereocenters. The molecule has 3 amide bonds. The maximum atomic E-state index is 13.2. The Morgan fingerprint density at radius 1 is 0.909 bits per heavy atom. The maximum absolute atomic E-state index is 13.2. The molecule has 0 aliphatic carbocycles. The van der Waals surface area contributed by atoms with E-state index in [4.69, 9.17) is 9.47 Å². The van der Waals surface area contributed by atoms with Crippen LogP contribution in [0.1, 0.15) is 53.6 Å². The van der Waals surface area contributed by atoms with Crippen LogP contribution in [0.25, 0.3) is 20.5 Å². The number of nitrogens with zero attached hydrogens (tertiary/aromatic N) is 2. The molecule has 2 fully saturated rings. The molecule has 12 heteroatoms. The zero-order chi connectivity index (χ0) is 38.1. The van der Waals surface area contributed by atoms with Crippen molar-refractivity contribution in [3.05, 3.63) is 106 Å². The molecule has 1 atom stereocenters. The minimum Gasteiger partial charge on any atom is -0.508 e. The summed E-state index contributed by atoms with van der Waals surface area (Å²) < 4.78 is 14.5. The van der Waals surface area contributed by atoms with E-state index in [2.05, 4.69) is 26.1 Å². The SMILES string of the molecule is O=C1CCC(N2Cc3cc(CCC(=O)C4CCN(CCOc5ccc(Oc6c(-c7ccc(Br)cc7)sc7cc(O)ccc67)cc5)CC4)ccc3C2=O)C(=O)N1. The van der Waals surface area contributed by atoms with Crippen LogP contribution in [0.15, 0.2) is 89.4 Å². The molecule has 2 N–H and O–H groups in total. The summed E-state index contributed by atoms with van der Waals surface area (Å²) >= 11 is 5.09. The van der Waals surface area contributed by atoms with Crippen molar-refractivity contribution in [1.82, 2.24) is 15.1 Å². The van der Waals surface area contributed by atoms with Crippen LogP contribution in [0.4, 0.5) is 0 Å². The van der Waals surface area contributed by atoms with Crippen LogP contribution in [0.2, 0.25) is 0 Å². The molecule has 8 rings (SSSR count). The molecule has 4 aromatic carbocycles. The minimum absolute atomic E-state index is 0.0408. The summed E-state index contributed by atoms with van der Waals surface area (Å²) in [6.07, 6.45) is 3.26. The van der Waals surface area contributed by atoms with E-state index in [0.29, 0.717) is 43.7 Å². The van der Waals surface area contributed by atoms with Crippen LogP contribution in [0, 0.1) is 5.92 Å². The highest BCUT2D eigenvalue weighted by Gasteiger charge is 2.39. The van der Waals surface area contributed by atoms with Gasteiger partial charge in [-0.05, 0) is 116 Å². The number of hydrogen-bond donors (Lipinski definition) is 2. The number of ketones is 1. The molecule has 3 aliphatic rings. The highest BCUT2D eigenvalue weighted by atomic mass is 79.9. The van der Waals surface area contributed by atoms with Gasteiger partial charge in [-0.3, -0.25) is 29.4 Å². The minimum atomic E-state index is -0.637. The molecule has 2 saturated heterocycles. The Hall–Kier alpha value is -5.04. The topological polar surface area (TPSA) is 125 Å². The molecule has 3 aliphatic heterocycles. The highest BCUT2D eigenvalue weighted by molar-refractivity contribution is 9.10. The van der Waals surface area contributed by atoms with Gasteiger partial charge < -0.3 is 19.5 Å². The number of carbonyl (C=O) groups excluding carboxylic acids is 4. The first-order chi connectivity index (χ1) is 26.7. The number of amides is 3. The summed E-state index contributed by atoms with van der Waals surface area (Å²) in [5.74, 6) is 1.81. The number of hydrogen-bond acceptors (Lipinski definition) is 9.